The quantitative estimate of drug-likeness (QED) is 0.712. The van der Waals surface area contributed by atoms with Crippen molar-refractivity contribution in [2.45, 2.75) is 12.8 Å². The molecule has 0 aromatic carbocycles. The predicted molar refractivity (Wildman–Crippen MR) is 65.2 cm³/mol. The third-order valence-electron chi connectivity index (χ3n) is 2.72. The van der Waals surface area contributed by atoms with Crippen LogP contribution < -0.4 is 0 Å². The highest BCUT2D eigenvalue weighted by Crippen LogP contribution is 2.16. The molecule has 0 atom stereocenters. The highest BCUT2D eigenvalue weighted by molar-refractivity contribution is 5.70. The number of rotatable bonds is 7. The van der Waals surface area contributed by atoms with Gasteiger partial charge in [0.05, 0.1) is 0 Å². The molecular formula is C14H12O5. The van der Waals surface area contributed by atoms with Crippen LogP contribution in [-0.2, 0) is 17.6 Å². The van der Waals surface area contributed by atoms with Crippen LogP contribution in [0.1, 0.15) is 32.6 Å². The summed E-state index contributed by atoms with van der Waals surface area (Å²) in [6, 6.07) is 6.45. The fraction of sp³-hybridized carbons (Fsp3) is 0.214. The molecule has 0 radical (unpaired) electrons. The molecule has 0 saturated heterocycles. The molecule has 2 heterocycles. The molecule has 19 heavy (non-hydrogen) atoms. The number of carbonyl (C=O) groups is 3. The molecule has 0 aliphatic carbocycles. The van der Waals surface area contributed by atoms with E-state index in [9.17, 15) is 14.4 Å². The SMILES string of the molecule is O=Cc1ccc(CC(C=O)Cc2ccc(C=O)o2)o1. The molecule has 2 rings (SSSR count). The van der Waals surface area contributed by atoms with Crippen LogP contribution in [0.15, 0.2) is 33.1 Å². The van der Waals surface area contributed by atoms with Crippen LogP contribution in [-0.4, -0.2) is 18.9 Å². The maximum Gasteiger partial charge on any atom is 0.185 e. The summed E-state index contributed by atoms with van der Waals surface area (Å²) in [6.07, 6.45) is 2.81. The molecule has 0 amide bonds. The van der Waals surface area contributed by atoms with Gasteiger partial charge in [-0.15, -0.1) is 0 Å². The summed E-state index contributed by atoms with van der Waals surface area (Å²) < 4.78 is 10.4. The molecule has 2 aromatic rings. The zero-order valence-electron chi connectivity index (χ0n) is 10.1. The van der Waals surface area contributed by atoms with Crippen molar-refractivity contribution in [2.24, 2.45) is 5.92 Å². The Labute approximate surface area is 109 Å². The lowest BCUT2D eigenvalue weighted by Crippen LogP contribution is -2.08. The molecule has 0 aliphatic rings. The normalized spacial score (nSPS) is 10.6. The molecule has 0 fully saturated rings. The average Bonchev–Trinajstić information content (AvgIpc) is 3.06. The molecular weight excluding hydrogens is 248 g/mol. The minimum atomic E-state index is -0.323. The van der Waals surface area contributed by atoms with E-state index in [4.69, 9.17) is 8.83 Å². The van der Waals surface area contributed by atoms with Crippen LogP contribution in [0.2, 0.25) is 0 Å². The van der Waals surface area contributed by atoms with E-state index in [0.29, 0.717) is 36.9 Å². The van der Waals surface area contributed by atoms with Crippen molar-refractivity contribution < 1.29 is 23.2 Å². The van der Waals surface area contributed by atoms with Crippen molar-refractivity contribution in [3.05, 3.63) is 47.3 Å². The van der Waals surface area contributed by atoms with Crippen LogP contribution in [0.3, 0.4) is 0 Å². The topological polar surface area (TPSA) is 77.5 Å². The Kier molecular flexibility index (Phi) is 4.07. The fourth-order valence-electron chi connectivity index (χ4n) is 1.82. The molecule has 98 valence electrons. The molecule has 0 aliphatic heterocycles. The van der Waals surface area contributed by atoms with Gasteiger partial charge in [-0.05, 0) is 24.3 Å². The van der Waals surface area contributed by atoms with Crippen molar-refractivity contribution in [1.82, 2.24) is 0 Å². The van der Waals surface area contributed by atoms with Crippen LogP contribution in [0.5, 0.6) is 0 Å². The first-order valence-corrected chi connectivity index (χ1v) is 5.78. The first-order chi connectivity index (χ1) is 9.25. The standard InChI is InChI=1S/C14H12O5/c15-7-10(5-11-1-3-13(8-16)18-11)6-12-2-4-14(9-17)19-12/h1-4,7-10H,5-6H2. The van der Waals surface area contributed by atoms with Gasteiger partial charge in [-0.3, -0.25) is 9.59 Å². The van der Waals surface area contributed by atoms with Gasteiger partial charge in [0.15, 0.2) is 24.1 Å². The summed E-state index contributed by atoms with van der Waals surface area (Å²) in [6.45, 7) is 0. The summed E-state index contributed by atoms with van der Waals surface area (Å²) in [5.74, 6) is 1.29. The van der Waals surface area contributed by atoms with Gasteiger partial charge in [-0.2, -0.15) is 0 Å². The maximum absolute atomic E-state index is 11.0. The summed E-state index contributed by atoms with van der Waals surface area (Å²) in [5.41, 5.74) is 0. The number of hydrogen-bond acceptors (Lipinski definition) is 5. The van der Waals surface area contributed by atoms with Gasteiger partial charge >= 0.3 is 0 Å². The smallest absolute Gasteiger partial charge is 0.185 e. The number of hydrogen-bond donors (Lipinski definition) is 0. The zero-order chi connectivity index (χ0) is 13.7. The van der Waals surface area contributed by atoms with Crippen molar-refractivity contribution in [3.8, 4) is 0 Å². The van der Waals surface area contributed by atoms with Crippen molar-refractivity contribution in [2.75, 3.05) is 0 Å². The van der Waals surface area contributed by atoms with Crippen LogP contribution in [0.4, 0.5) is 0 Å². The highest BCUT2D eigenvalue weighted by atomic mass is 16.4. The average molecular weight is 260 g/mol. The first-order valence-electron chi connectivity index (χ1n) is 5.78. The molecule has 5 nitrogen and oxygen atoms in total. The number of carbonyl (C=O) groups excluding carboxylic acids is 3. The Morgan fingerprint density at radius 2 is 1.32 bits per heavy atom. The van der Waals surface area contributed by atoms with Gasteiger partial charge in [0.1, 0.15) is 17.8 Å². The van der Waals surface area contributed by atoms with E-state index in [1.54, 1.807) is 24.3 Å². The minimum absolute atomic E-state index is 0.237. The van der Waals surface area contributed by atoms with Gasteiger partial charge in [-0.1, -0.05) is 0 Å². The second kappa shape index (κ2) is 5.95. The van der Waals surface area contributed by atoms with Gasteiger partial charge < -0.3 is 13.6 Å². The summed E-state index contributed by atoms with van der Waals surface area (Å²) >= 11 is 0. The molecule has 0 spiro atoms. The molecule has 5 heteroatoms. The molecule has 2 aromatic heterocycles. The Hall–Kier alpha value is -2.43. The van der Waals surface area contributed by atoms with Crippen molar-refractivity contribution >= 4 is 18.9 Å². The number of aldehydes is 3. The second-order valence-electron chi connectivity index (χ2n) is 4.15. The van der Waals surface area contributed by atoms with Crippen molar-refractivity contribution in [3.63, 3.8) is 0 Å². The predicted octanol–water partition coefficient (Wildman–Crippen LogP) is 2.10. The zero-order valence-corrected chi connectivity index (χ0v) is 10.1. The molecule has 0 N–H and O–H groups in total. The van der Waals surface area contributed by atoms with Gasteiger partial charge in [0.2, 0.25) is 0 Å². The first kappa shape index (κ1) is 13.0. The lowest BCUT2D eigenvalue weighted by atomic mass is 10.0. The lowest BCUT2D eigenvalue weighted by molar-refractivity contribution is -0.111. The highest BCUT2D eigenvalue weighted by Gasteiger charge is 2.14. The Balaban J connectivity index is 2.01. The third kappa shape index (κ3) is 3.28. The summed E-state index contributed by atoms with van der Waals surface area (Å²) in [7, 11) is 0. The van der Waals surface area contributed by atoms with E-state index in [2.05, 4.69) is 0 Å². The van der Waals surface area contributed by atoms with E-state index in [0.717, 1.165) is 6.29 Å². The van der Waals surface area contributed by atoms with E-state index >= 15 is 0 Å². The van der Waals surface area contributed by atoms with Crippen molar-refractivity contribution in [1.29, 1.82) is 0 Å². The molecule has 0 bridgehead atoms. The second-order valence-corrected chi connectivity index (χ2v) is 4.15. The van der Waals surface area contributed by atoms with E-state index in [1.165, 1.54) is 0 Å². The third-order valence-corrected chi connectivity index (χ3v) is 2.72. The fourth-order valence-corrected chi connectivity index (χ4v) is 1.82. The Bertz CT molecular complexity index is 530. The van der Waals surface area contributed by atoms with E-state index in [-0.39, 0.29) is 17.4 Å². The monoisotopic (exact) mass is 260 g/mol. The summed E-state index contributed by atoms with van der Waals surface area (Å²) in [4.78, 5) is 32.0. The largest absolute Gasteiger partial charge is 0.458 e. The lowest BCUT2D eigenvalue weighted by Gasteiger charge is -2.05. The van der Waals surface area contributed by atoms with Crippen LogP contribution in [0.25, 0.3) is 0 Å². The van der Waals surface area contributed by atoms with E-state index in [1.807, 2.05) is 0 Å². The summed E-state index contributed by atoms with van der Waals surface area (Å²) in [5, 5.41) is 0. The Morgan fingerprint density at radius 1 is 0.842 bits per heavy atom. The van der Waals surface area contributed by atoms with Gasteiger partial charge in [-0.25, -0.2) is 0 Å². The van der Waals surface area contributed by atoms with Gasteiger partial charge in [0.25, 0.3) is 0 Å². The molecule has 0 saturated carbocycles. The minimum Gasteiger partial charge on any atom is -0.458 e. The number of furan rings is 2. The van der Waals surface area contributed by atoms with Crippen LogP contribution >= 0.6 is 0 Å². The molecule has 0 unspecified atom stereocenters. The van der Waals surface area contributed by atoms with E-state index < -0.39 is 0 Å². The maximum atomic E-state index is 11.0. The van der Waals surface area contributed by atoms with Gasteiger partial charge in [0, 0.05) is 18.8 Å². The van der Waals surface area contributed by atoms with Crippen LogP contribution in [0, 0.1) is 5.92 Å². The Morgan fingerprint density at radius 3 is 1.63 bits per heavy atom.